The number of hydrogen-bond acceptors (Lipinski definition) is 4. The summed E-state index contributed by atoms with van der Waals surface area (Å²) >= 11 is 0. The number of esters is 1. The van der Waals surface area contributed by atoms with E-state index in [9.17, 15) is 9.90 Å². The number of rotatable bonds is 7. The maximum absolute atomic E-state index is 12.5. The minimum atomic E-state index is -0.509. The number of hydrogen-bond donors (Lipinski definition) is 2. The van der Waals surface area contributed by atoms with E-state index >= 15 is 0 Å². The van der Waals surface area contributed by atoms with Crippen molar-refractivity contribution in [3.05, 3.63) is 65.7 Å². The van der Waals surface area contributed by atoms with E-state index in [-0.39, 0.29) is 11.7 Å². The Morgan fingerprint density at radius 1 is 1.04 bits per heavy atom. The predicted octanol–water partition coefficient (Wildman–Crippen LogP) is 3.48. The molecule has 2 aromatic carbocycles. The topological polar surface area (TPSA) is 58.6 Å². The van der Waals surface area contributed by atoms with Crippen LogP contribution in [0.1, 0.15) is 31.9 Å². The van der Waals surface area contributed by atoms with Crippen molar-refractivity contribution < 1.29 is 14.6 Å². The molecule has 4 heteroatoms. The summed E-state index contributed by atoms with van der Waals surface area (Å²) in [6, 6.07) is 16.7. The molecule has 0 aliphatic carbocycles. The van der Waals surface area contributed by atoms with Crippen LogP contribution in [-0.2, 0) is 22.4 Å². The Hall–Kier alpha value is -2.33. The fourth-order valence-electron chi connectivity index (χ4n) is 2.51. The third-order valence-corrected chi connectivity index (χ3v) is 3.71. The Kier molecular flexibility index (Phi) is 6.59. The van der Waals surface area contributed by atoms with Gasteiger partial charge >= 0.3 is 5.97 Å². The summed E-state index contributed by atoms with van der Waals surface area (Å²) in [5.41, 5.74) is 1.69. The number of phenols is 1. The summed E-state index contributed by atoms with van der Waals surface area (Å²) in [7, 11) is 0. The van der Waals surface area contributed by atoms with E-state index in [2.05, 4.69) is 5.32 Å². The number of carbonyl (C=O) groups is 1. The molecule has 4 nitrogen and oxygen atoms in total. The molecule has 2 rings (SSSR count). The average molecular weight is 341 g/mol. The minimum absolute atomic E-state index is 0.234. The third kappa shape index (κ3) is 6.98. The minimum Gasteiger partial charge on any atom is -0.508 e. The third-order valence-electron chi connectivity index (χ3n) is 3.71. The maximum Gasteiger partial charge on any atom is 0.323 e. The van der Waals surface area contributed by atoms with E-state index in [0.29, 0.717) is 13.0 Å². The van der Waals surface area contributed by atoms with Gasteiger partial charge in [0.1, 0.15) is 17.4 Å². The van der Waals surface area contributed by atoms with Gasteiger partial charge in [-0.25, -0.2) is 0 Å². The van der Waals surface area contributed by atoms with E-state index in [4.69, 9.17) is 4.74 Å². The molecule has 0 aliphatic heterocycles. The van der Waals surface area contributed by atoms with Crippen molar-refractivity contribution in [2.75, 3.05) is 6.54 Å². The smallest absolute Gasteiger partial charge is 0.323 e. The van der Waals surface area contributed by atoms with Crippen LogP contribution in [-0.4, -0.2) is 29.3 Å². The highest BCUT2D eigenvalue weighted by molar-refractivity contribution is 5.76. The van der Waals surface area contributed by atoms with Gasteiger partial charge in [-0.2, -0.15) is 0 Å². The predicted molar refractivity (Wildman–Crippen MR) is 99.6 cm³/mol. The molecule has 2 aromatic rings. The number of phenolic OH excluding ortho intramolecular Hbond substituents is 1. The number of aromatic hydroxyl groups is 1. The van der Waals surface area contributed by atoms with E-state index in [1.807, 2.05) is 63.2 Å². The Labute approximate surface area is 149 Å². The first-order valence-corrected chi connectivity index (χ1v) is 8.61. The monoisotopic (exact) mass is 341 g/mol. The van der Waals surface area contributed by atoms with Crippen LogP contribution in [0.2, 0.25) is 0 Å². The summed E-state index contributed by atoms with van der Waals surface area (Å²) in [4.78, 5) is 12.5. The molecule has 1 atom stereocenters. The molecular formula is C21H27NO3. The van der Waals surface area contributed by atoms with E-state index in [1.54, 1.807) is 12.1 Å². The molecule has 0 bridgehead atoms. The van der Waals surface area contributed by atoms with Crippen LogP contribution in [0.4, 0.5) is 0 Å². The highest BCUT2D eigenvalue weighted by atomic mass is 16.6. The zero-order valence-electron chi connectivity index (χ0n) is 15.2. The first-order valence-electron chi connectivity index (χ1n) is 8.61. The standard InChI is InChI=1S/C21H27NO3/c1-21(2,3)25-20(24)19(15-17-7-5-4-6-8-17)22-14-13-16-9-11-18(23)12-10-16/h4-12,19,22-23H,13-15H2,1-3H3. The molecule has 0 saturated carbocycles. The lowest BCUT2D eigenvalue weighted by Gasteiger charge is -2.25. The molecule has 25 heavy (non-hydrogen) atoms. The van der Waals surface area contributed by atoms with Gasteiger partial charge in [-0.05, 0) is 63.4 Å². The van der Waals surface area contributed by atoms with Gasteiger partial charge in [0.25, 0.3) is 0 Å². The first kappa shape index (κ1) is 19.0. The zero-order chi connectivity index (χ0) is 18.3. The van der Waals surface area contributed by atoms with Gasteiger partial charge in [0.15, 0.2) is 0 Å². The van der Waals surface area contributed by atoms with Gasteiger partial charge in [-0.3, -0.25) is 4.79 Å². The number of nitrogens with one attached hydrogen (secondary N) is 1. The highest BCUT2D eigenvalue weighted by Gasteiger charge is 2.25. The second-order valence-electron chi connectivity index (χ2n) is 7.15. The summed E-state index contributed by atoms with van der Waals surface area (Å²) in [5, 5.41) is 12.7. The largest absolute Gasteiger partial charge is 0.508 e. The second-order valence-corrected chi connectivity index (χ2v) is 7.15. The number of carbonyl (C=O) groups excluding carboxylic acids is 1. The van der Waals surface area contributed by atoms with Crippen molar-refractivity contribution in [3.8, 4) is 5.75 Å². The van der Waals surface area contributed by atoms with Crippen molar-refractivity contribution in [1.29, 1.82) is 0 Å². The first-order chi connectivity index (χ1) is 11.8. The van der Waals surface area contributed by atoms with Crippen LogP contribution in [0.25, 0.3) is 0 Å². The quantitative estimate of drug-likeness (QED) is 0.757. The summed E-state index contributed by atoms with van der Waals surface area (Å²) in [6.07, 6.45) is 1.36. The molecular weight excluding hydrogens is 314 g/mol. The van der Waals surface area contributed by atoms with Crippen LogP contribution >= 0.6 is 0 Å². The van der Waals surface area contributed by atoms with Crippen LogP contribution in [0.5, 0.6) is 5.75 Å². The highest BCUT2D eigenvalue weighted by Crippen LogP contribution is 2.13. The molecule has 0 aromatic heterocycles. The molecule has 0 amide bonds. The molecule has 0 aliphatic rings. The Bertz CT molecular complexity index is 660. The van der Waals surface area contributed by atoms with Crippen molar-refractivity contribution in [2.24, 2.45) is 0 Å². The lowest BCUT2D eigenvalue weighted by atomic mass is 10.0. The van der Waals surface area contributed by atoms with Gasteiger partial charge in [-0.15, -0.1) is 0 Å². The average Bonchev–Trinajstić information content (AvgIpc) is 2.55. The van der Waals surface area contributed by atoms with Crippen molar-refractivity contribution in [1.82, 2.24) is 5.32 Å². The van der Waals surface area contributed by atoms with Crippen LogP contribution in [0, 0.1) is 0 Å². The van der Waals surface area contributed by atoms with Crippen molar-refractivity contribution >= 4 is 5.97 Å². The van der Waals surface area contributed by atoms with Crippen LogP contribution in [0.15, 0.2) is 54.6 Å². The van der Waals surface area contributed by atoms with Gasteiger partial charge in [0, 0.05) is 0 Å². The van der Waals surface area contributed by atoms with Gasteiger partial charge in [-0.1, -0.05) is 42.5 Å². The molecule has 0 heterocycles. The van der Waals surface area contributed by atoms with Crippen molar-refractivity contribution in [3.63, 3.8) is 0 Å². The second kappa shape index (κ2) is 8.67. The fraction of sp³-hybridized carbons (Fsp3) is 0.381. The lowest BCUT2D eigenvalue weighted by Crippen LogP contribution is -2.43. The Balaban J connectivity index is 1.97. The Morgan fingerprint density at radius 3 is 2.28 bits per heavy atom. The number of ether oxygens (including phenoxy) is 1. The van der Waals surface area contributed by atoms with Gasteiger partial charge in [0.05, 0.1) is 0 Å². The fourth-order valence-corrected chi connectivity index (χ4v) is 2.51. The summed E-state index contributed by atoms with van der Waals surface area (Å²) in [5.74, 6) is 0.0227. The Morgan fingerprint density at radius 2 is 1.68 bits per heavy atom. The lowest BCUT2D eigenvalue weighted by molar-refractivity contribution is -0.157. The molecule has 1 unspecified atom stereocenters. The van der Waals surface area contributed by atoms with Gasteiger partial charge in [0.2, 0.25) is 0 Å². The molecule has 0 radical (unpaired) electrons. The van der Waals surface area contributed by atoms with Crippen LogP contribution in [0.3, 0.4) is 0 Å². The SMILES string of the molecule is CC(C)(C)OC(=O)C(Cc1ccccc1)NCCc1ccc(O)cc1. The maximum atomic E-state index is 12.5. The number of benzene rings is 2. The molecule has 0 fully saturated rings. The zero-order valence-corrected chi connectivity index (χ0v) is 15.2. The van der Waals surface area contributed by atoms with Crippen LogP contribution < -0.4 is 5.32 Å². The molecule has 2 N–H and O–H groups in total. The summed E-state index contributed by atoms with van der Waals surface area (Å²) in [6.45, 7) is 6.28. The molecule has 0 saturated heterocycles. The molecule has 134 valence electrons. The van der Waals surface area contributed by atoms with E-state index in [1.165, 1.54) is 0 Å². The van der Waals surface area contributed by atoms with Gasteiger partial charge < -0.3 is 15.2 Å². The normalized spacial score (nSPS) is 12.6. The molecule has 0 spiro atoms. The summed E-state index contributed by atoms with van der Waals surface area (Å²) < 4.78 is 5.56. The van der Waals surface area contributed by atoms with E-state index < -0.39 is 11.6 Å². The van der Waals surface area contributed by atoms with E-state index in [0.717, 1.165) is 17.5 Å². The van der Waals surface area contributed by atoms with Crippen molar-refractivity contribution in [2.45, 2.75) is 45.3 Å².